The van der Waals surface area contributed by atoms with Crippen LogP contribution in [-0.4, -0.2) is 24.3 Å². The summed E-state index contributed by atoms with van der Waals surface area (Å²) in [5, 5.41) is 2.76. The number of esters is 1. The number of nitrogens with one attached hydrogen (secondary N) is 1. The van der Waals surface area contributed by atoms with Gasteiger partial charge in [0.15, 0.2) is 12.4 Å². The predicted octanol–water partition coefficient (Wildman–Crippen LogP) is 3.98. The standard InChI is InChI=1S/C22H25NO4/c1-15(2)20(25)23-18-12-10-16(11-13-18)19(24)14-27-21(26)22(3,4)17-8-6-5-7-9-17/h5-13,15H,14H2,1-4H3,(H,23,25). The van der Waals surface area contributed by atoms with Crippen LogP contribution in [0.1, 0.15) is 43.6 Å². The highest BCUT2D eigenvalue weighted by Crippen LogP contribution is 2.24. The van der Waals surface area contributed by atoms with Gasteiger partial charge >= 0.3 is 5.97 Å². The van der Waals surface area contributed by atoms with Gasteiger partial charge in [-0.25, -0.2) is 0 Å². The van der Waals surface area contributed by atoms with Crippen LogP contribution in [0.3, 0.4) is 0 Å². The smallest absolute Gasteiger partial charge is 0.316 e. The van der Waals surface area contributed by atoms with E-state index in [0.29, 0.717) is 11.3 Å². The quantitative estimate of drug-likeness (QED) is 0.593. The molecule has 0 radical (unpaired) electrons. The molecule has 2 aromatic carbocycles. The van der Waals surface area contributed by atoms with Crippen molar-refractivity contribution in [3.8, 4) is 0 Å². The van der Waals surface area contributed by atoms with Crippen molar-refractivity contribution in [1.29, 1.82) is 0 Å². The fraction of sp³-hybridized carbons (Fsp3) is 0.318. The van der Waals surface area contributed by atoms with Gasteiger partial charge < -0.3 is 10.1 Å². The fourth-order valence-electron chi connectivity index (χ4n) is 2.39. The monoisotopic (exact) mass is 367 g/mol. The van der Waals surface area contributed by atoms with Crippen LogP contribution in [0.15, 0.2) is 54.6 Å². The summed E-state index contributed by atoms with van der Waals surface area (Å²) in [6, 6.07) is 15.8. The van der Waals surface area contributed by atoms with Crippen molar-refractivity contribution in [2.24, 2.45) is 5.92 Å². The van der Waals surface area contributed by atoms with Gasteiger partial charge in [-0.3, -0.25) is 14.4 Å². The lowest BCUT2D eigenvalue weighted by molar-refractivity contribution is -0.148. The number of carbonyl (C=O) groups excluding carboxylic acids is 3. The van der Waals surface area contributed by atoms with E-state index in [1.807, 2.05) is 30.3 Å². The van der Waals surface area contributed by atoms with Crippen molar-refractivity contribution in [3.63, 3.8) is 0 Å². The molecule has 1 amide bonds. The molecular weight excluding hydrogens is 342 g/mol. The lowest BCUT2D eigenvalue weighted by Crippen LogP contribution is -2.32. The van der Waals surface area contributed by atoms with Gasteiger partial charge in [-0.2, -0.15) is 0 Å². The van der Waals surface area contributed by atoms with Gasteiger partial charge in [-0.1, -0.05) is 44.2 Å². The molecule has 0 aromatic heterocycles. The van der Waals surface area contributed by atoms with E-state index in [0.717, 1.165) is 5.56 Å². The Morgan fingerprint density at radius 3 is 2.11 bits per heavy atom. The Morgan fingerprint density at radius 1 is 0.963 bits per heavy atom. The van der Waals surface area contributed by atoms with Gasteiger partial charge in [0.1, 0.15) is 0 Å². The molecule has 142 valence electrons. The van der Waals surface area contributed by atoms with E-state index in [9.17, 15) is 14.4 Å². The molecule has 0 bridgehead atoms. The van der Waals surface area contributed by atoms with Gasteiger partial charge in [0, 0.05) is 17.2 Å². The van der Waals surface area contributed by atoms with Crippen molar-refractivity contribution in [3.05, 3.63) is 65.7 Å². The average Bonchev–Trinajstić information content (AvgIpc) is 2.66. The first-order chi connectivity index (χ1) is 12.7. The third-order valence-corrected chi connectivity index (χ3v) is 4.34. The van der Waals surface area contributed by atoms with Crippen molar-refractivity contribution in [1.82, 2.24) is 0 Å². The molecule has 27 heavy (non-hydrogen) atoms. The first kappa shape index (κ1) is 20.4. The maximum Gasteiger partial charge on any atom is 0.316 e. The van der Waals surface area contributed by atoms with E-state index >= 15 is 0 Å². The van der Waals surface area contributed by atoms with E-state index < -0.39 is 11.4 Å². The lowest BCUT2D eigenvalue weighted by Gasteiger charge is -2.22. The molecule has 0 fully saturated rings. The second kappa shape index (κ2) is 8.62. The normalized spacial score (nSPS) is 11.1. The second-order valence-electron chi connectivity index (χ2n) is 7.21. The number of rotatable bonds is 7. The molecule has 5 heteroatoms. The van der Waals surface area contributed by atoms with Crippen LogP contribution in [0.5, 0.6) is 0 Å². The number of carbonyl (C=O) groups is 3. The molecule has 5 nitrogen and oxygen atoms in total. The summed E-state index contributed by atoms with van der Waals surface area (Å²) < 4.78 is 5.25. The van der Waals surface area contributed by atoms with E-state index in [-0.39, 0.29) is 24.2 Å². The number of anilines is 1. The van der Waals surface area contributed by atoms with Gasteiger partial charge in [0.05, 0.1) is 5.41 Å². The topological polar surface area (TPSA) is 72.5 Å². The molecule has 0 saturated heterocycles. The minimum absolute atomic E-state index is 0.0915. The summed E-state index contributed by atoms with van der Waals surface area (Å²) in [5.41, 5.74) is 1.02. The van der Waals surface area contributed by atoms with E-state index in [4.69, 9.17) is 4.74 Å². The second-order valence-corrected chi connectivity index (χ2v) is 7.21. The van der Waals surface area contributed by atoms with Crippen LogP contribution in [0, 0.1) is 5.92 Å². The van der Waals surface area contributed by atoms with Crippen molar-refractivity contribution < 1.29 is 19.1 Å². The summed E-state index contributed by atoms with van der Waals surface area (Å²) in [7, 11) is 0. The molecule has 0 spiro atoms. The Bertz CT molecular complexity index is 808. The molecule has 1 N–H and O–H groups in total. The molecule has 2 rings (SSSR count). The van der Waals surface area contributed by atoms with Gasteiger partial charge in [0.2, 0.25) is 5.91 Å². The molecular formula is C22H25NO4. The molecule has 0 aliphatic carbocycles. The third kappa shape index (κ3) is 5.26. The zero-order valence-electron chi connectivity index (χ0n) is 16.1. The third-order valence-electron chi connectivity index (χ3n) is 4.34. The molecule has 0 saturated carbocycles. The number of ether oxygens (including phenoxy) is 1. The Balaban J connectivity index is 1.95. The Hall–Kier alpha value is -2.95. The highest BCUT2D eigenvalue weighted by Gasteiger charge is 2.31. The van der Waals surface area contributed by atoms with E-state index in [1.54, 1.807) is 52.0 Å². The summed E-state index contributed by atoms with van der Waals surface area (Å²) in [4.78, 5) is 36.4. The van der Waals surface area contributed by atoms with Gasteiger partial charge in [0.25, 0.3) is 0 Å². The maximum absolute atomic E-state index is 12.4. The van der Waals surface area contributed by atoms with Crippen LogP contribution < -0.4 is 5.32 Å². The number of benzene rings is 2. The molecule has 0 heterocycles. The van der Waals surface area contributed by atoms with Crippen LogP contribution >= 0.6 is 0 Å². The summed E-state index contributed by atoms with van der Waals surface area (Å²) in [5.74, 6) is -0.971. The largest absolute Gasteiger partial charge is 0.457 e. The number of Topliss-reactive ketones (excluding diaryl/α,β-unsaturated/α-hetero) is 1. The lowest BCUT2D eigenvalue weighted by atomic mass is 9.85. The highest BCUT2D eigenvalue weighted by atomic mass is 16.5. The average molecular weight is 367 g/mol. The number of ketones is 1. The summed E-state index contributed by atoms with van der Waals surface area (Å²) >= 11 is 0. The van der Waals surface area contributed by atoms with Crippen LogP contribution in [0.2, 0.25) is 0 Å². The van der Waals surface area contributed by atoms with E-state index in [2.05, 4.69) is 5.32 Å². The Morgan fingerprint density at radius 2 is 1.56 bits per heavy atom. The van der Waals surface area contributed by atoms with E-state index in [1.165, 1.54) is 0 Å². The van der Waals surface area contributed by atoms with Crippen LogP contribution in [0.25, 0.3) is 0 Å². The predicted molar refractivity (Wildman–Crippen MR) is 105 cm³/mol. The molecule has 0 aliphatic rings. The van der Waals surface area contributed by atoms with Crippen molar-refractivity contribution >= 4 is 23.3 Å². The zero-order chi connectivity index (χ0) is 20.0. The molecule has 0 aliphatic heterocycles. The summed E-state index contributed by atoms with van der Waals surface area (Å²) in [6.07, 6.45) is 0. The molecule has 0 atom stereocenters. The molecule has 0 unspecified atom stereocenters. The van der Waals surface area contributed by atoms with Gasteiger partial charge in [-0.15, -0.1) is 0 Å². The summed E-state index contributed by atoms with van der Waals surface area (Å²) in [6.45, 7) is 6.81. The van der Waals surface area contributed by atoms with Gasteiger partial charge in [-0.05, 0) is 43.7 Å². The van der Waals surface area contributed by atoms with Crippen LogP contribution in [0.4, 0.5) is 5.69 Å². The van der Waals surface area contributed by atoms with Crippen molar-refractivity contribution in [2.75, 3.05) is 11.9 Å². The van der Waals surface area contributed by atoms with Crippen molar-refractivity contribution in [2.45, 2.75) is 33.1 Å². The SMILES string of the molecule is CC(C)C(=O)Nc1ccc(C(=O)COC(=O)C(C)(C)c2ccccc2)cc1. The number of hydrogen-bond acceptors (Lipinski definition) is 4. The van der Waals surface area contributed by atoms with Crippen LogP contribution in [-0.2, 0) is 19.7 Å². The molecule has 2 aromatic rings. The number of amides is 1. The first-order valence-corrected chi connectivity index (χ1v) is 8.88. The minimum atomic E-state index is -0.841. The Labute approximate surface area is 159 Å². The Kier molecular flexibility index (Phi) is 6.50. The fourth-order valence-corrected chi connectivity index (χ4v) is 2.39. The first-order valence-electron chi connectivity index (χ1n) is 8.88. The zero-order valence-corrected chi connectivity index (χ0v) is 16.1. The number of hydrogen-bond donors (Lipinski definition) is 1. The minimum Gasteiger partial charge on any atom is -0.457 e. The highest BCUT2D eigenvalue weighted by molar-refractivity contribution is 5.99. The maximum atomic E-state index is 12.4.